The molecule has 0 heterocycles. The van der Waals surface area contributed by atoms with Crippen LogP contribution in [0.2, 0.25) is 0 Å². The average Bonchev–Trinajstić information content (AvgIpc) is 1.88. The highest BCUT2D eigenvalue weighted by Crippen LogP contribution is 1.99. The molecule has 0 saturated carbocycles. The van der Waals surface area contributed by atoms with E-state index in [4.69, 9.17) is 10.5 Å². The van der Waals surface area contributed by atoms with Crippen LogP contribution >= 0.6 is 0 Å². The van der Waals surface area contributed by atoms with Gasteiger partial charge in [-0.3, -0.25) is 0 Å². The third-order valence-electron chi connectivity index (χ3n) is 1.41. The lowest BCUT2D eigenvalue weighted by atomic mass is 10.1. The SMILES string of the molecule is C=C(C)C(N)CCOCC. The predicted molar refractivity (Wildman–Crippen MR) is 43.9 cm³/mol. The van der Waals surface area contributed by atoms with Crippen LogP contribution in [0, 0.1) is 0 Å². The molecule has 1 atom stereocenters. The molecule has 0 amide bonds. The van der Waals surface area contributed by atoms with Gasteiger partial charge in [-0.15, -0.1) is 0 Å². The highest BCUT2D eigenvalue weighted by Gasteiger charge is 2.00. The summed E-state index contributed by atoms with van der Waals surface area (Å²) in [6.45, 7) is 9.18. The van der Waals surface area contributed by atoms with Gasteiger partial charge in [0.25, 0.3) is 0 Å². The van der Waals surface area contributed by atoms with Crippen molar-refractivity contribution in [2.45, 2.75) is 26.3 Å². The number of rotatable bonds is 5. The molecule has 10 heavy (non-hydrogen) atoms. The first-order chi connectivity index (χ1) is 4.68. The molecule has 2 N–H and O–H groups in total. The van der Waals surface area contributed by atoms with Gasteiger partial charge in [-0.25, -0.2) is 0 Å². The van der Waals surface area contributed by atoms with Gasteiger partial charge in [0, 0.05) is 19.3 Å². The van der Waals surface area contributed by atoms with Gasteiger partial charge in [-0.1, -0.05) is 12.2 Å². The maximum absolute atomic E-state index is 5.68. The maximum Gasteiger partial charge on any atom is 0.0483 e. The molecule has 0 bridgehead atoms. The van der Waals surface area contributed by atoms with E-state index >= 15 is 0 Å². The molecule has 0 aliphatic heterocycles. The zero-order valence-corrected chi connectivity index (χ0v) is 6.89. The molecule has 0 fully saturated rings. The Balaban J connectivity index is 3.21. The van der Waals surface area contributed by atoms with Crippen molar-refractivity contribution in [3.63, 3.8) is 0 Å². The fourth-order valence-corrected chi connectivity index (χ4v) is 0.601. The van der Waals surface area contributed by atoms with Crippen molar-refractivity contribution in [1.29, 1.82) is 0 Å². The molecule has 0 radical (unpaired) electrons. The van der Waals surface area contributed by atoms with Gasteiger partial charge in [0.05, 0.1) is 0 Å². The molecule has 0 spiro atoms. The quantitative estimate of drug-likeness (QED) is 0.465. The Morgan fingerprint density at radius 2 is 2.30 bits per heavy atom. The molecule has 60 valence electrons. The van der Waals surface area contributed by atoms with E-state index in [0.29, 0.717) is 0 Å². The zero-order chi connectivity index (χ0) is 7.98. The molecule has 1 unspecified atom stereocenters. The lowest BCUT2D eigenvalue weighted by molar-refractivity contribution is 0.142. The molecular formula is C8H17NO. The Morgan fingerprint density at radius 3 is 2.70 bits per heavy atom. The second-order valence-electron chi connectivity index (χ2n) is 2.44. The van der Waals surface area contributed by atoms with Crippen LogP contribution in [-0.2, 0) is 4.74 Å². The Bertz CT molecular complexity index is 101. The summed E-state index contributed by atoms with van der Waals surface area (Å²) in [6.07, 6.45) is 0.878. The summed E-state index contributed by atoms with van der Waals surface area (Å²) < 4.78 is 5.13. The second kappa shape index (κ2) is 5.45. The van der Waals surface area contributed by atoms with E-state index in [-0.39, 0.29) is 6.04 Å². The van der Waals surface area contributed by atoms with Gasteiger partial charge in [0.2, 0.25) is 0 Å². The van der Waals surface area contributed by atoms with E-state index in [1.165, 1.54) is 0 Å². The summed E-state index contributed by atoms with van der Waals surface area (Å²) in [4.78, 5) is 0. The van der Waals surface area contributed by atoms with E-state index in [1.54, 1.807) is 0 Å². The summed E-state index contributed by atoms with van der Waals surface area (Å²) in [6, 6.07) is 0.103. The molecule has 0 saturated heterocycles. The molecular weight excluding hydrogens is 126 g/mol. The first-order valence-corrected chi connectivity index (χ1v) is 3.67. The monoisotopic (exact) mass is 143 g/mol. The van der Waals surface area contributed by atoms with Crippen LogP contribution in [0.25, 0.3) is 0 Å². The van der Waals surface area contributed by atoms with Gasteiger partial charge in [0.1, 0.15) is 0 Å². The van der Waals surface area contributed by atoms with E-state index in [1.807, 2.05) is 13.8 Å². The zero-order valence-electron chi connectivity index (χ0n) is 6.89. The first kappa shape index (κ1) is 9.66. The largest absolute Gasteiger partial charge is 0.382 e. The third kappa shape index (κ3) is 4.53. The van der Waals surface area contributed by atoms with Crippen LogP contribution < -0.4 is 5.73 Å². The number of hydrogen-bond donors (Lipinski definition) is 1. The minimum atomic E-state index is 0.103. The van der Waals surface area contributed by atoms with Crippen molar-refractivity contribution in [3.05, 3.63) is 12.2 Å². The van der Waals surface area contributed by atoms with Gasteiger partial charge in [-0.05, 0) is 20.3 Å². The normalized spacial score (nSPS) is 13.1. The lowest BCUT2D eigenvalue weighted by Gasteiger charge is -2.09. The van der Waals surface area contributed by atoms with E-state index in [0.717, 1.165) is 25.2 Å². The van der Waals surface area contributed by atoms with E-state index in [9.17, 15) is 0 Å². The summed E-state index contributed by atoms with van der Waals surface area (Å²) in [7, 11) is 0. The third-order valence-corrected chi connectivity index (χ3v) is 1.41. The number of nitrogens with two attached hydrogens (primary N) is 1. The van der Waals surface area contributed by atoms with Crippen molar-refractivity contribution >= 4 is 0 Å². The minimum absolute atomic E-state index is 0.103. The Labute approximate surface area is 63.1 Å². The number of hydrogen-bond acceptors (Lipinski definition) is 2. The molecule has 0 rings (SSSR count). The van der Waals surface area contributed by atoms with Gasteiger partial charge >= 0.3 is 0 Å². The van der Waals surface area contributed by atoms with E-state index < -0.39 is 0 Å². The molecule has 2 heteroatoms. The second-order valence-corrected chi connectivity index (χ2v) is 2.44. The summed E-state index contributed by atoms with van der Waals surface area (Å²) in [5.74, 6) is 0. The maximum atomic E-state index is 5.68. The average molecular weight is 143 g/mol. The highest BCUT2D eigenvalue weighted by molar-refractivity contribution is 4.99. The Morgan fingerprint density at radius 1 is 1.70 bits per heavy atom. The van der Waals surface area contributed by atoms with Crippen LogP contribution in [0.15, 0.2) is 12.2 Å². The predicted octanol–water partition coefficient (Wildman–Crippen LogP) is 1.32. The minimum Gasteiger partial charge on any atom is -0.382 e. The van der Waals surface area contributed by atoms with Crippen LogP contribution in [0.4, 0.5) is 0 Å². The van der Waals surface area contributed by atoms with Crippen molar-refractivity contribution in [3.8, 4) is 0 Å². The van der Waals surface area contributed by atoms with Crippen molar-refractivity contribution in [2.75, 3.05) is 13.2 Å². The van der Waals surface area contributed by atoms with Gasteiger partial charge in [-0.2, -0.15) is 0 Å². The van der Waals surface area contributed by atoms with Crippen molar-refractivity contribution in [2.24, 2.45) is 5.73 Å². The highest BCUT2D eigenvalue weighted by atomic mass is 16.5. The molecule has 0 aromatic carbocycles. The number of ether oxygens (including phenoxy) is 1. The van der Waals surface area contributed by atoms with Crippen LogP contribution in [0.1, 0.15) is 20.3 Å². The fraction of sp³-hybridized carbons (Fsp3) is 0.750. The summed E-state index contributed by atoms with van der Waals surface area (Å²) >= 11 is 0. The molecule has 2 nitrogen and oxygen atoms in total. The Hall–Kier alpha value is -0.340. The van der Waals surface area contributed by atoms with Crippen LogP contribution in [-0.4, -0.2) is 19.3 Å². The molecule has 0 aliphatic carbocycles. The summed E-state index contributed by atoms with van der Waals surface area (Å²) in [5, 5.41) is 0. The molecule has 0 aromatic heterocycles. The van der Waals surface area contributed by atoms with Crippen LogP contribution in [0.5, 0.6) is 0 Å². The van der Waals surface area contributed by atoms with Crippen LogP contribution in [0.3, 0.4) is 0 Å². The smallest absolute Gasteiger partial charge is 0.0483 e. The molecule has 0 aliphatic rings. The summed E-state index contributed by atoms with van der Waals surface area (Å²) in [5.41, 5.74) is 6.71. The van der Waals surface area contributed by atoms with E-state index in [2.05, 4.69) is 6.58 Å². The van der Waals surface area contributed by atoms with Gasteiger partial charge < -0.3 is 10.5 Å². The Kier molecular flexibility index (Phi) is 5.26. The standard InChI is InChI=1S/C8H17NO/c1-4-10-6-5-8(9)7(2)3/h8H,2,4-6,9H2,1,3H3. The topological polar surface area (TPSA) is 35.2 Å². The van der Waals surface area contributed by atoms with Crippen molar-refractivity contribution in [1.82, 2.24) is 0 Å². The lowest BCUT2D eigenvalue weighted by Crippen LogP contribution is -2.22. The first-order valence-electron chi connectivity index (χ1n) is 3.67. The fourth-order valence-electron chi connectivity index (χ4n) is 0.601. The van der Waals surface area contributed by atoms with Crippen molar-refractivity contribution < 1.29 is 4.74 Å². The van der Waals surface area contributed by atoms with Gasteiger partial charge in [0.15, 0.2) is 0 Å². The molecule has 0 aromatic rings.